The number of hydrogen-bond donors (Lipinski definition) is 0. The van der Waals surface area contributed by atoms with E-state index in [1.807, 2.05) is 43.3 Å². The summed E-state index contributed by atoms with van der Waals surface area (Å²) in [5.74, 6) is 1.21. The normalized spacial score (nSPS) is 15.6. The van der Waals surface area contributed by atoms with E-state index in [4.69, 9.17) is 16.3 Å². The molecular weight excluding hydrogens is 386 g/mol. The molecule has 1 amide bonds. The van der Waals surface area contributed by atoms with Gasteiger partial charge in [-0.15, -0.1) is 0 Å². The van der Waals surface area contributed by atoms with Crippen LogP contribution in [0.15, 0.2) is 54.9 Å². The van der Waals surface area contributed by atoms with Crippen LogP contribution < -0.4 is 4.74 Å². The van der Waals surface area contributed by atoms with Gasteiger partial charge >= 0.3 is 0 Å². The molecule has 0 saturated carbocycles. The number of halogens is 1. The quantitative estimate of drug-likeness (QED) is 0.606. The molecule has 152 valence electrons. The van der Waals surface area contributed by atoms with Crippen molar-refractivity contribution in [2.45, 2.75) is 38.8 Å². The van der Waals surface area contributed by atoms with Gasteiger partial charge < -0.3 is 14.2 Å². The Labute approximate surface area is 176 Å². The Balaban J connectivity index is 1.34. The van der Waals surface area contributed by atoms with Crippen LogP contribution in [-0.2, 0) is 11.3 Å². The summed E-state index contributed by atoms with van der Waals surface area (Å²) in [6, 6.07) is 15.3. The Hall–Kier alpha value is -2.53. The topological polar surface area (TPSA) is 47.4 Å². The average molecular weight is 412 g/mol. The minimum absolute atomic E-state index is 0.0268. The zero-order chi connectivity index (χ0) is 20.4. The number of imidazole rings is 1. The third kappa shape index (κ3) is 4.40. The number of likely N-dealkylation sites (tertiary alicyclic amines) is 1. The molecular formula is C23H26ClN3O2. The number of rotatable bonds is 5. The van der Waals surface area contributed by atoms with Crippen molar-refractivity contribution in [2.75, 3.05) is 13.1 Å². The van der Waals surface area contributed by atoms with Crippen molar-refractivity contribution in [1.82, 2.24) is 14.5 Å². The first-order chi connectivity index (χ1) is 13.9. The minimum Gasteiger partial charge on any atom is -0.478 e. The molecule has 1 aromatic heterocycles. The second-order valence-corrected chi connectivity index (χ2v) is 8.62. The Bertz CT molecular complexity index is 989. The maximum Gasteiger partial charge on any atom is 0.266 e. The molecule has 0 radical (unpaired) electrons. The first-order valence-electron chi connectivity index (χ1n) is 10.1. The number of carbonyl (C=O) groups is 1. The molecule has 6 heteroatoms. The van der Waals surface area contributed by atoms with Crippen LogP contribution in [0.4, 0.5) is 0 Å². The van der Waals surface area contributed by atoms with E-state index < -0.39 is 5.60 Å². The van der Waals surface area contributed by atoms with E-state index >= 15 is 0 Å². The second kappa shape index (κ2) is 8.07. The number of aromatic nitrogens is 2. The fraction of sp³-hybridized carbons (Fsp3) is 0.391. The number of nitrogens with zero attached hydrogens (tertiary/aromatic N) is 3. The van der Waals surface area contributed by atoms with Crippen molar-refractivity contribution in [3.05, 3.63) is 59.9 Å². The van der Waals surface area contributed by atoms with Crippen molar-refractivity contribution in [3.63, 3.8) is 0 Å². The van der Waals surface area contributed by atoms with Crippen LogP contribution in [-0.4, -0.2) is 39.0 Å². The molecule has 2 heterocycles. The summed E-state index contributed by atoms with van der Waals surface area (Å²) < 4.78 is 8.20. The van der Waals surface area contributed by atoms with Crippen molar-refractivity contribution >= 4 is 28.5 Å². The summed E-state index contributed by atoms with van der Waals surface area (Å²) in [4.78, 5) is 19.5. The average Bonchev–Trinajstić information content (AvgIpc) is 3.13. The van der Waals surface area contributed by atoms with Gasteiger partial charge in [-0.25, -0.2) is 4.98 Å². The van der Waals surface area contributed by atoms with E-state index in [1.54, 1.807) is 24.3 Å². The number of piperidine rings is 1. The summed E-state index contributed by atoms with van der Waals surface area (Å²) in [5.41, 5.74) is 1.28. The maximum atomic E-state index is 13.0. The Kier molecular flexibility index (Phi) is 5.50. The number of carbonyl (C=O) groups excluding carboxylic acids is 1. The van der Waals surface area contributed by atoms with E-state index in [2.05, 4.69) is 15.6 Å². The molecule has 3 aromatic rings. The molecule has 0 spiro atoms. The number of amides is 1. The van der Waals surface area contributed by atoms with E-state index in [-0.39, 0.29) is 5.91 Å². The third-order valence-corrected chi connectivity index (χ3v) is 5.84. The molecule has 29 heavy (non-hydrogen) atoms. The summed E-state index contributed by atoms with van der Waals surface area (Å²) in [5, 5.41) is 0.647. The molecule has 1 saturated heterocycles. The lowest BCUT2D eigenvalue weighted by Crippen LogP contribution is -2.51. The Morgan fingerprint density at radius 1 is 1.14 bits per heavy atom. The van der Waals surface area contributed by atoms with Crippen LogP contribution >= 0.6 is 11.6 Å². The lowest BCUT2D eigenvalue weighted by Gasteiger charge is -2.37. The van der Waals surface area contributed by atoms with Gasteiger partial charge in [0.2, 0.25) is 0 Å². The van der Waals surface area contributed by atoms with Crippen LogP contribution in [0.1, 0.15) is 26.7 Å². The molecule has 1 aliphatic rings. The highest BCUT2D eigenvalue weighted by Crippen LogP contribution is 2.26. The van der Waals surface area contributed by atoms with Crippen LogP contribution in [0.3, 0.4) is 0 Å². The van der Waals surface area contributed by atoms with Gasteiger partial charge in [0.15, 0.2) is 5.60 Å². The fourth-order valence-electron chi connectivity index (χ4n) is 3.97. The highest BCUT2D eigenvalue weighted by atomic mass is 35.5. The van der Waals surface area contributed by atoms with E-state index in [1.165, 1.54) is 5.52 Å². The van der Waals surface area contributed by atoms with Gasteiger partial charge in [-0.3, -0.25) is 4.79 Å². The number of para-hydroxylation sites is 2. The highest BCUT2D eigenvalue weighted by Gasteiger charge is 2.36. The number of benzene rings is 2. The first-order valence-corrected chi connectivity index (χ1v) is 10.4. The van der Waals surface area contributed by atoms with Crippen molar-refractivity contribution in [2.24, 2.45) is 5.92 Å². The van der Waals surface area contributed by atoms with E-state index in [0.717, 1.165) is 38.0 Å². The Morgan fingerprint density at radius 3 is 2.55 bits per heavy atom. The number of hydrogen-bond acceptors (Lipinski definition) is 3. The van der Waals surface area contributed by atoms with Crippen LogP contribution in [0, 0.1) is 5.92 Å². The third-order valence-electron chi connectivity index (χ3n) is 5.59. The summed E-state index contributed by atoms with van der Waals surface area (Å²) in [6.45, 7) is 6.10. The monoisotopic (exact) mass is 411 g/mol. The summed E-state index contributed by atoms with van der Waals surface area (Å²) in [6.07, 6.45) is 3.88. The van der Waals surface area contributed by atoms with Gasteiger partial charge in [-0.1, -0.05) is 23.7 Å². The Morgan fingerprint density at radius 2 is 1.83 bits per heavy atom. The van der Waals surface area contributed by atoms with Gasteiger partial charge in [0.25, 0.3) is 5.91 Å². The molecule has 2 aromatic carbocycles. The van der Waals surface area contributed by atoms with Crippen molar-refractivity contribution in [1.29, 1.82) is 0 Å². The molecule has 1 fully saturated rings. The summed E-state index contributed by atoms with van der Waals surface area (Å²) in [7, 11) is 0. The zero-order valence-electron chi connectivity index (χ0n) is 16.8. The van der Waals surface area contributed by atoms with Gasteiger partial charge in [-0.2, -0.15) is 0 Å². The molecule has 0 atom stereocenters. The van der Waals surface area contributed by atoms with Gasteiger partial charge in [0.05, 0.1) is 17.4 Å². The minimum atomic E-state index is -0.915. The molecule has 0 aliphatic carbocycles. The molecule has 0 N–H and O–H groups in total. The molecule has 0 unspecified atom stereocenters. The van der Waals surface area contributed by atoms with Crippen LogP contribution in [0.2, 0.25) is 5.02 Å². The smallest absolute Gasteiger partial charge is 0.266 e. The van der Waals surface area contributed by atoms with E-state index in [0.29, 0.717) is 16.7 Å². The molecule has 5 nitrogen and oxygen atoms in total. The predicted molar refractivity (Wildman–Crippen MR) is 115 cm³/mol. The lowest BCUT2D eigenvalue weighted by atomic mass is 9.95. The molecule has 0 bridgehead atoms. The predicted octanol–water partition coefficient (Wildman–Crippen LogP) is 4.79. The fourth-order valence-corrected chi connectivity index (χ4v) is 4.10. The van der Waals surface area contributed by atoms with Gasteiger partial charge in [0.1, 0.15) is 5.75 Å². The van der Waals surface area contributed by atoms with Crippen molar-refractivity contribution in [3.8, 4) is 5.75 Å². The highest BCUT2D eigenvalue weighted by molar-refractivity contribution is 6.30. The van der Waals surface area contributed by atoms with Crippen LogP contribution in [0.5, 0.6) is 5.75 Å². The molecule has 4 rings (SSSR count). The van der Waals surface area contributed by atoms with Gasteiger partial charge in [-0.05, 0) is 69.0 Å². The maximum absolute atomic E-state index is 13.0. The zero-order valence-corrected chi connectivity index (χ0v) is 17.6. The van der Waals surface area contributed by atoms with E-state index in [9.17, 15) is 4.79 Å². The largest absolute Gasteiger partial charge is 0.478 e. The molecule has 1 aliphatic heterocycles. The SMILES string of the molecule is CC(C)(Oc1ccc(Cl)cc1)C(=O)N1CCC(Cn2cnc3ccccc32)CC1. The van der Waals surface area contributed by atoms with Crippen molar-refractivity contribution < 1.29 is 9.53 Å². The van der Waals surface area contributed by atoms with Crippen LogP contribution in [0.25, 0.3) is 11.0 Å². The summed E-state index contributed by atoms with van der Waals surface area (Å²) >= 11 is 5.93. The van der Waals surface area contributed by atoms with Gasteiger partial charge in [0, 0.05) is 24.7 Å². The second-order valence-electron chi connectivity index (χ2n) is 8.19. The number of ether oxygens (including phenoxy) is 1. The number of fused-ring (bicyclic) bond motifs is 1. The first kappa shape index (κ1) is 19.8. The lowest BCUT2D eigenvalue weighted by molar-refractivity contribution is -0.147. The standard InChI is InChI=1S/C23H26ClN3O2/c1-23(2,29-19-9-7-18(24)8-10-19)22(28)26-13-11-17(12-14-26)15-27-16-25-20-5-3-4-6-21(20)27/h3-10,16-17H,11-15H2,1-2H3.